The number of ether oxygens (including phenoxy) is 2. The number of nitrogens with zero attached hydrogens (tertiary/aromatic N) is 2. The van der Waals surface area contributed by atoms with Crippen LogP contribution in [0.1, 0.15) is 77.6 Å². The molecule has 0 aliphatic carbocycles. The molecule has 0 atom stereocenters. The first-order chi connectivity index (χ1) is 28.3. The van der Waals surface area contributed by atoms with Crippen LogP contribution in [0.15, 0.2) is 145 Å². The fourth-order valence-electron chi connectivity index (χ4n) is 7.66. The van der Waals surface area contributed by atoms with Crippen molar-refractivity contribution in [3.63, 3.8) is 0 Å². The molecule has 0 radical (unpaired) electrons. The zero-order valence-corrected chi connectivity index (χ0v) is 35.0. The lowest BCUT2D eigenvalue weighted by molar-refractivity contribution is -0.132. The Balaban J connectivity index is 0.937. The molecule has 0 spiro atoms. The van der Waals surface area contributed by atoms with Gasteiger partial charge in [-0.3, -0.25) is 0 Å². The molecule has 0 saturated heterocycles. The van der Waals surface area contributed by atoms with Crippen LogP contribution in [-0.2, 0) is 9.59 Å². The number of esters is 2. The van der Waals surface area contributed by atoms with E-state index in [1.54, 1.807) is 91.8 Å². The summed E-state index contributed by atoms with van der Waals surface area (Å²) in [7, 11) is 0. The van der Waals surface area contributed by atoms with E-state index >= 15 is 0 Å². The molecule has 2 heterocycles. The van der Waals surface area contributed by atoms with Gasteiger partial charge in [-0.25, -0.2) is 9.59 Å². The minimum atomic E-state index is -0.979. The van der Waals surface area contributed by atoms with Crippen LogP contribution in [0.4, 0.5) is 0 Å². The SMILES string of the molecule is CC1(C)C=C(C(=O)Oc2ccc(-c3ccc(C#Cc4cccc(C#Cc5ccc(-c6ccc(OC(=O)C7=CC(C)(C)N([O-])C7(C)C)cc6)cc5)c4)cc3)cc2)C(C)(C)N1[O-]. The van der Waals surface area contributed by atoms with Crippen LogP contribution in [-0.4, -0.2) is 44.2 Å². The molecule has 8 heteroatoms. The van der Waals surface area contributed by atoms with Crippen molar-refractivity contribution in [3.05, 3.63) is 177 Å². The molecule has 2 aliphatic rings. The van der Waals surface area contributed by atoms with Crippen molar-refractivity contribution in [2.45, 2.75) is 77.5 Å². The molecule has 0 bridgehead atoms. The summed E-state index contributed by atoms with van der Waals surface area (Å²) in [5, 5.41) is 27.2. The molecular weight excluding hydrogens is 749 g/mol. The summed E-state index contributed by atoms with van der Waals surface area (Å²) in [6.07, 6.45) is 3.37. The van der Waals surface area contributed by atoms with Gasteiger partial charge in [0.05, 0.1) is 11.1 Å². The van der Waals surface area contributed by atoms with Gasteiger partial charge in [0.1, 0.15) is 11.5 Å². The molecule has 5 aromatic rings. The van der Waals surface area contributed by atoms with E-state index in [2.05, 4.69) is 23.7 Å². The number of carbonyl (C=O) groups is 2. The molecule has 0 saturated carbocycles. The van der Waals surface area contributed by atoms with Gasteiger partial charge in [-0.05, 0) is 144 Å². The number of hydrogen-bond donors (Lipinski definition) is 0. The van der Waals surface area contributed by atoms with E-state index < -0.39 is 34.1 Å². The Hall–Kier alpha value is -6.52. The van der Waals surface area contributed by atoms with Crippen LogP contribution in [0.3, 0.4) is 0 Å². The summed E-state index contributed by atoms with van der Waals surface area (Å²) in [4.78, 5) is 25.9. The third-order valence-corrected chi connectivity index (χ3v) is 10.9. The Morgan fingerprint density at radius 1 is 0.450 bits per heavy atom. The van der Waals surface area contributed by atoms with Gasteiger partial charge in [0, 0.05) is 44.4 Å². The molecule has 7 rings (SSSR count). The van der Waals surface area contributed by atoms with Gasteiger partial charge in [-0.2, -0.15) is 0 Å². The van der Waals surface area contributed by atoms with Crippen LogP contribution in [0, 0.1) is 34.1 Å². The second-order valence-electron chi connectivity index (χ2n) is 17.2. The molecule has 302 valence electrons. The first kappa shape index (κ1) is 41.6. The number of hydroxylamine groups is 4. The molecular formula is C52H46N2O6-2. The lowest BCUT2D eigenvalue weighted by atomic mass is 9.97. The van der Waals surface area contributed by atoms with Gasteiger partial charge in [0.25, 0.3) is 0 Å². The lowest BCUT2D eigenvalue weighted by Crippen LogP contribution is -2.47. The van der Waals surface area contributed by atoms with Gasteiger partial charge >= 0.3 is 11.9 Å². The van der Waals surface area contributed by atoms with Crippen LogP contribution >= 0.6 is 0 Å². The normalized spacial score (nSPS) is 17.3. The van der Waals surface area contributed by atoms with E-state index in [9.17, 15) is 20.0 Å². The van der Waals surface area contributed by atoms with Crippen molar-refractivity contribution < 1.29 is 19.1 Å². The third kappa shape index (κ3) is 8.60. The molecule has 0 unspecified atom stereocenters. The van der Waals surface area contributed by atoms with Crippen molar-refractivity contribution in [2.24, 2.45) is 0 Å². The summed E-state index contributed by atoms with van der Waals surface area (Å²) in [6.45, 7) is 14.0. The zero-order chi connectivity index (χ0) is 43.0. The van der Waals surface area contributed by atoms with E-state index in [0.29, 0.717) is 22.6 Å². The second-order valence-corrected chi connectivity index (χ2v) is 17.2. The Morgan fingerprint density at radius 2 is 0.750 bits per heavy atom. The van der Waals surface area contributed by atoms with E-state index in [0.717, 1.165) is 54.6 Å². The number of rotatable bonds is 6. The summed E-state index contributed by atoms with van der Waals surface area (Å²) < 4.78 is 11.3. The van der Waals surface area contributed by atoms with Gasteiger partial charge in [0.15, 0.2) is 0 Å². The smallest absolute Gasteiger partial charge is 0.341 e. The monoisotopic (exact) mass is 794 g/mol. The topological polar surface area (TPSA) is 105 Å². The van der Waals surface area contributed by atoms with Gasteiger partial charge in [-0.1, -0.05) is 90.4 Å². The molecule has 5 aromatic carbocycles. The Bertz CT molecular complexity index is 2460. The minimum Gasteiger partial charge on any atom is -0.784 e. The number of carbonyl (C=O) groups excluding carboxylic acids is 2. The van der Waals surface area contributed by atoms with E-state index in [4.69, 9.17) is 9.47 Å². The van der Waals surface area contributed by atoms with Gasteiger partial charge in [-0.15, -0.1) is 0 Å². The standard InChI is InChI=1S/C52H46N2O6/c1-49(2)33-45(51(5,6)53(49)57)47(55)59-43-28-24-41(25-29-43)39-20-16-35(17-21-39)12-14-37-10-9-11-38(32-37)15-13-36-18-22-40(23-19-36)42-26-30-44(31-27-42)60-48(56)46-34-50(3,4)54(58)52(46,7)8/h9-11,16-34H,1-8H3/q-2. The molecule has 60 heavy (non-hydrogen) atoms. The average Bonchev–Trinajstić information content (AvgIpc) is 3.51. The minimum absolute atomic E-state index is 0.349. The molecule has 2 aliphatic heterocycles. The summed E-state index contributed by atoms with van der Waals surface area (Å²) in [5.74, 6) is 12.7. The second kappa shape index (κ2) is 15.9. The Labute approximate surface area is 352 Å². The Kier molecular flexibility index (Phi) is 11.0. The maximum absolute atomic E-state index is 13.0. The highest BCUT2D eigenvalue weighted by atomic mass is 16.5. The Morgan fingerprint density at radius 3 is 1.05 bits per heavy atom. The molecule has 0 amide bonds. The largest absolute Gasteiger partial charge is 0.784 e. The predicted octanol–water partition coefficient (Wildman–Crippen LogP) is 10.2. The van der Waals surface area contributed by atoms with Crippen molar-refractivity contribution >= 4 is 11.9 Å². The van der Waals surface area contributed by atoms with Gasteiger partial charge in [0.2, 0.25) is 0 Å². The van der Waals surface area contributed by atoms with Crippen LogP contribution in [0.5, 0.6) is 11.5 Å². The zero-order valence-electron chi connectivity index (χ0n) is 35.0. The van der Waals surface area contributed by atoms with Crippen molar-refractivity contribution in [1.82, 2.24) is 10.1 Å². The van der Waals surface area contributed by atoms with Crippen molar-refractivity contribution in [1.29, 1.82) is 0 Å². The van der Waals surface area contributed by atoms with Crippen molar-refractivity contribution in [2.75, 3.05) is 0 Å². The average molecular weight is 795 g/mol. The van der Waals surface area contributed by atoms with E-state index in [-0.39, 0.29) is 0 Å². The highest BCUT2D eigenvalue weighted by molar-refractivity contribution is 5.94. The van der Waals surface area contributed by atoms with E-state index in [1.807, 2.05) is 97.1 Å². The van der Waals surface area contributed by atoms with Crippen molar-refractivity contribution in [3.8, 4) is 57.4 Å². The molecule has 8 nitrogen and oxygen atoms in total. The fraction of sp³-hybridized carbons (Fsp3) is 0.231. The fourth-order valence-corrected chi connectivity index (χ4v) is 7.66. The van der Waals surface area contributed by atoms with Crippen LogP contribution < -0.4 is 9.47 Å². The summed E-state index contributed by atoms with van der Waals surface area (Å²) in [5.41, 5.74) is 4.51. The molecule has 0 aromatic heterocycles. The third-order valence-electron chi connectivity index (χ3n) is 10.9. The van der Waals surface area contributed by atoms with Crippen LogP contribution in [0.2, 0.25) is 0 Å². The maximum atomic E-state index is 13.0. The quantitative estimate of drug-likeness (QED) is 0.0951. The first-order valence-corrected chi connectivity index (χ1v) is 19.7. The first-order valence-electron chi connectivity index (χ1n) is 19.7. The number of benzene rings is 5. The van der Waals surface area contributed by atoms with E-state index in [1.165, 1.54) is 0 Å². The van der Waals surface area contributed by atoms with Gasteiger partial charge < -0.3 is 30.0 Å². The maximum Gasteiger partial charge on any atom is 0.341 e. The highest BCUT2D eigenvalue weighted by Gasteiger charge is 2.44. The summed E-state index contributed by atoms with van der Waals surface area (Å²) >= 11 is 0. The predicted molar refractivity (Wildman–Crippen MR) is 236 cm³/mol. The highest BCUT2D eigenvalue weighted by Crippen LogP contribution is 2.41. The molecule has 0 N–H and O–H groups in total. The summed E-state index contributed by atoms with van der Waals surface area (Å²) in [6, 6.07) is 38.3. The molecule has 0 fully saturated rings. The number of hydrogen-bond acceptors (Lipinski definition) is 8. The lowest BCUT2D eigenvalue weighted by Gasteiger charge is -2.47. The van der Waals surface area contributed by atoms with Crippen LogP contribution in [0.25, 0.3) is 22.3 Å².